The van der Waals surface area contributed by atoms with Crippen LogP contribution in [0.2, 0.25) is 0 Å². The molecule has 0 spiro atoms. The van der Waals surface area contributed by atoms with Crippen LogP contribution in [-0.2, 0) is 17.9 Å². The van der Waals surface area contributed by atoms with Crippen molar-refractivity contribution >= 4 is 30.7 Å². The third-order valence-electron chi connectivity index (χ3n) is 3.48. The Morgan fingerprint density at radius 3 is 2.62 bits per heavy atom. The largest absolute Gasteiger partial charge is 0.332 e. The highest BCUT2D eigenvalue weighted by Crippen LogP contribution is 2.17. The summed E-state index contributed by atoms with van der Waals surface area (Å²) in [6.45, 7) is 2.00. The number of imidazole rings is 1. The standard InChI is InChI=1S/C14H16N4O.2ClH/c15-13(11-4-2-1-3-5-11)14(19)18-9-8-17-7-6-16-12(17)10-18;;/h1-7,13H,8-10,15H2;2*1H. The first kappa shape index (κ1) is 17.5. The molecular formula is C14H18Cl2N4O. The molecule has 1 aliphatic heterocycles. The predicted molar refractivity (Wildman–Crippen MR) is 85.5 cm³/mol. The molecule has 0 bridgehead atoms. The minimum atomic E-state index is -0.595. The number of hydrogen-bond donors (Lipinski definition) is 1. The summed E-state index contributed by atoms with van der Waals surface area (Å²) in [5.41, 5.74) is 6.89. The summed E-state index contributed by atoms with van der Waals surface area (Å²) >= 11 is 0. The summed E-state index contributed by atoms with van der Waals surface area (Å²) in [6.07, 6.45) is 3.70. The second kappa shape index (κ2) is 7.45. The van der Waals surface area contributed by atoms with Crippen molar-refractivity contribution in [3.8, 4) is 0 Å². The molecule has 1 aromatic carbocycles. The lowest BCUT2D eigenvalue weighted by Gasteiger charge is -2.29. The number of amides is 1. The van der Waals surface area contributed by atoms with E-state index in [0.29, 0.717) is 13.1 Å². The van der Waals surface area contributed by atoms with Crippen LogP contribution in [0.15, 0.2) is 42.7 Å². The van der Waals surface area contributed by atoms with Crippen LogP contribution in [0.25, 0.3) is 0 Å². The SMILES string of the molecule is Cl.Cl.NC(C(=O)N1CCn2ccnc2C1)c1ccccc1. The minimum absolute atomic E-state index is 0. The lowest BCUT2D eigenvalue weighted by Crippen LogP contribution is -2.43. The number of nitrogens with two attached hydrogens (primary N) is 1. The highest BCUT2D eigenvalue weighted by atomic mass is 35.5. The first-order chi connectivity index (χ1) is 9.25. The molecule has 114 valence electrons. The van der Waals surface area contributed by atoms with Crippen molar-refractivity contribution < 1.29 is 4.79 Å². The molecule has 2 aromatic rings. The lowest BCUT2D eigenvalue weighted by molar-refractivity contribution is -0.134. The summed E-state index contributed by atoms with van der Waals surface area (Å²) in [7, 11) is 0. The first-order valence-electron chi connectivity index (χ1n) is 6.35. The van der Waals surface area contributed by atoms with Gasteiger partial charge in [0.15, 0.2) is 0 Å². The van der Waals surface area contributed by atoms with Crippen molar-refractivity contribution in [1.29, 1.82) is 0 Å². The molecule has 21 heavy (non-hydrogen) atoms. The molecule has 5 nitrogen and oxygen atoms in total. The Balaban J connectivity index is 0.00000110. The van der Waals surface area contributed by atoms with Gasteiger partial charge >= 0.3 is 0 Å². The van der Waals surface area contributed by atoms with Crippen LogP contribution >= 0.6 is 24.8 Å². The van der Waals surface area contributed by atoms with Gasteiger partial charge in [-0.3, -0.25) is 4.79 Å². The van der Waals surface area contributed by atoms with Gasteiger partial charge in [0.1, 0.15) is 11.9 Å². The molecule has 0 aliphatic carbocycles. The van der Waals surface area contributed by atoms with Crippen LogP contribution in [0, 0.1) is 0 Å². The summed E-state index contributed by atoms with van der Waals surface area (Å²) < 4.78 is 2.07. The Kier molecular flexibility index (Phi) is 6.20. The first-order valence-corrected chi connectivity index (χ1v) is 6.35. The van der Waals surface area contributed by atoms with Gasteiger partial charge < -0.3 is 15.2 Å². The molecule has 1 atom stereocenters. The monoisotopic (exact) mass is 328 g/mol. The molecule has 0 saturated carbocycles. The number of halogens is 2. The Morgan fingerprint density at radius 1 is 1.19 bits per heavy atom. The van der Waals surface area contributed by atoms with Gasteiger partial charge in [0.2, 0.25) is 5.91 Å². The van der Waals surface area contributed by atoms with Gasteiger partial charge in [-0.05, 0) is 5.56 Å². The van der Waals surface area contributed by atoms with Gasteiger partial charge in [0.05, 0.1) is 6.54 Å². The van der Waals surface area contributed by atoms with Crippen molar-refractivity contribution in [3.05, 3.63) is 54.1 Å². The zero-order valence-electron chi connectivity index (χ0n) is 11.4. The van der Waals surface area contributed by atoms with E-state index in [2.05, 4.69) is 9.55 Å². The number of nitrogens with zero attached hydrogens (tertiary/aromatic N) is 3. The zero-order chi connectivity index (χ0) is 13.2. The van der Waals surface area contributed by atoms with Gasteiger partial charge in [-0.25, -0.2) is 4.98 Å². The molecule has 0 saturated heterocycles. The van der Waals surface area contributed by atoms with Crippen LogP contribution in [0.1, 0.15) is 17.4 Å². The molecule has 1 aliphatic rings. The highest BCUT2D eigenvalue weighted by molar-refractivity contribution is 5.85. The quantitative estimate of drug-likeness (QED) is 0.913. The highest BCUT2D eigenvalue weighted by Gasteiger charge is 2.26. The van der Waals surface area contributed by atoms with E-state index >= 15 is 0 Å². The third-order valence-corrected chi connectivity index (χ3v) is 3.48. The van der Waals surface area contributed by atoms with E-state index in [4.69, 9.17) is 5.73 Å². The van der Waals surface area contributed by atoms with Crippen LogP contribution in [0.3, 0.4) is 0 Å². The fourth-order valence-corrected chi connectivity index (χ4v) is 2.36. The molecule has 1 amide bonds. The third kappa shape index (κ3) is 3.56. The van der Waals surface area contributed by atoms with E-state index in [1.165, 1.54) is 0 Å². The lowest BCUT2D eigenvalue weighted by atomic mass is 10.1. The normalized spacial score (nSPS) is 14.4. The molecule has 0 radical (unpaired) electrons. The van der Waals surface area contributed by atoms with Crippen molar-refractivity contribution in [2.24, 2.45) is 5.73 Å². The number of benzene rings is 1. The van der Waals surface area contributed by atoms with Crippen LogP contribution in [0.4, 0.5) is 0 Å². The number of rotatable bonds is 2. The van der Waals surface area contributed by atoms with E-state index in [-0.39, 0.29) is 30.7 Å². The van der Waals surface area contributed by atoms with Crippen LogP contribution in [-0.4, -0.2) is 26.9 Å². The number of carbonyl (C=O) groups excluding carboxylic acids is 1. The fourth-order valence-electron chi connectivity index (χ4n) is 2.36. The molecule has 1 aromatic heterocycles. The second-order valence-electron chi connectivity index (χ2n) is 4.69. The van der Waals surface area contributed by atoms with E-state index in [1.54, 1.807) is 11.1 Å². The Labute approximate surface area is 136 Å². The minimum Gasteiger partial charge on any atom is -0.332 e. The van der Waals surface area contributed by atoms with E-state index < -0.39 is 6.04 Å². The maximum absolute atomic E-state index is 12.4. The average Bonchev–Trinajstić information content (AvgIpc) is 2.94. The van der Waals surface area contributed by atoms with Gasteiger partial charge in [0.25, 0.3) is 0 Å². The molecule has 0 fully saturated rings. The number of aromatic nitrogens is 2. The molecule has 7 heteroatoms. The zero-order valence-corrected chi connectivity index (χ0v) is 13.0. The summed E-state index contributed by atoms with van der Waals surface area (Å²) in [6, 6.07) is 8.87. The maximum atomic E-state index is 12.4. The van der Waals surface area contributed by atoms with Crippen LogP contribution in [0.5, 0.6) is 0 Å². The second-order valence-corrected chi connectivity index (χ2v) is 4.69. The topological polar surface area (TPSA) is 64.2 Å². The molecular weight excluding hydrogens is 311 g/mol. The maximum Gasteiger partial charge on any atom is 0.244 e. The number of carbonyl (C=O) groups is 1. The predicted octanol–water partition coefficient (Wildman–Crippen LogP) is 1.77. The Bertz CT molecular complexity index is 588. The van der Waals surface area contributed by atoms with Gasteiger partial charge in [-0.1, -0.05) is 30.3 Å². The van der Waals surface area contributed by atoms with Crippen molar-refractivity contribution in [2.45, 2.75) is 19.1 Å². The van der Waals surface area contributed by atoms with Gasteiger partial charge in [-0.15, -0.1) is 24.8 Å². The molecule has 1 unspecified atom stereocenters. The fraction of sp³-hybridized carbons (Fsp3) is 0.286. The van der Waals surface area contributed by atoms with Crippen molar-refractivity contribution in [1.82, 2.24) is 14.5 Å². The smallest absolute Gasteiger partial charge is 0.244 e. The van der Waals surface area contributed by atoms with E-state index in [9.17, 15) is 4.79 Å². The Morgan fingerprint density at radius 2 is 1.90 bits per heavy atom. The number of fused-ring (bicyclic) bond motifs is 1. The van der Waals surface area contributed by atoms with Gasteiger partial charge in [-0.2, -0.15) is 0 Å². The summed E-state index contributed by atoms with van der Waals surface area (Å²) in [4.78, 5) is 18.4. The number of hydrogen-bond acceptors (Lipinski definition) is 3. The molecule has 2 N–H and O–H groups in total. The van der Waals surface area contributed by atoms with E-state index in [0.717, 1.165) is 17.9 Å². The Hall–Kier alpha value is -1.56. The van der Waals surface area contributed by atoms with Crippen molar-refractivity contribution in [3.63, 3.8) is 0 Å². The van der Waals surface area contributed by atoms with Crippen molar-refractivity contribution in [2.75, 3.05) is 6.54 Å². The molecule has 2 heterocycles. The average molecular weight is 329 g/mol. The van der Waals surface area contributed by atoms with E-state index in [1.807, 2.05) is 36.5 Å². The van der Waals surface area contributed by atoms with Gasteiger partial charge in [0, 0.05) is 25.5 Å². The summed E-state index contributed by atoms with van der Waals surface area (Å²) in [5.74, 6) is 0.875. The molecule has 3 rings (SSSR count). The van der Waals surface area contributed by atoms with Crippen LogP contribution < -0.4 is 5.73 Å². The summed E-state index contributed by atoms with van der Waals surface area (Å²) in [5, 5.41) is 0.